The number of urea groups is 1. The molecule has 5 saturated carbocycles. The number of rotatable bonds is 6. The molecule has 6 aliphatic rings. The van der Waals surface area contributed by atoms with Crippen molar-refractivity contribution in [3.8, 4) is 0 Å². The minimum atomic E-state index is -0.856. The molecule has 0 aromatic heterocycles. The molecule has 3 N–H and O–H groups in total. The molecule has 282 valence electrons. The average Bonchev–Trinajstić information content (AvgIpc) is 3.29. The molecule has 1 saturated heterocycles. The van der Waals surface area contributed by atoms with Crippen molar-refractivity contribution in [2.24, 2.45) is 51.2 Å². The van der Waals surface area contributed by atoms with Crippen LogP contribution in [0.4, 0.5) is 4.79 Å². The van der Waals surface area contributed by atoms with E-state index in [1.54, 1.807) is 12.1 Å². The Hall–Kier alpha value is -2.38. The minimum absolute atomic E-state index is 0.126. The van der Waals surface area contributed by atoms with Gasteiger partial charge < -0.3 is 20.4 Å². The molecule has 7 nitrogen and oxygen atoms in total. The van der Waals surface area contributed by atoms with Crippen LogP contribution in [-0.4, -0.2) is 76.9 Å². The van der Waals surface area contributed by atoms with Gasteiger partial charge in [0.1, 0.15) is 0 Å². The fraction of sp³-hybridized carbons (Fsp3) is 0.773. The van der Waals surface area contributed by atoms with Crippen LogP contribution in [0.15, 0.2) is 36.4 Å². The molecule has 1 aromatic carbocycles. The van der Waals surface area contributed by atoms with Gasteiger partial charge in [0.2, 0.25) is 0 Å². The van der Waals surface area contributed by atoms with Gasteiger partial charge in [0.25, 0.3) is 0 Å². The van der Waals surface area contributed by atoms with Crippen LogP contribution in [-0.2, 0) is 0 Å². The predicted octanol–water partition coefficient (Wildman–Crippen LogP) is 8.59. The normalized spacial score (nSPS) is 42.1. The van der Waals surface area contributed by atoms with E-state index in [9.17, 15) is 19.8 Å². The largest absolute Gasteiger partial charge is 0.478 e. The zero-order valence-corrected chi connectivity index (χ0v) is 32.6. The molecule has 1 aliphatic heterocycles. The number of nitrogens with zero attached hydrogens (tertiary/aromatic N) is 2. The number of aromatic carboxylic acids is 1. The second-order valence-corrected chi connectivity index (χ2v) is 19.5. The first-order valence-electron chi connectivity index (χ1n) is 20.5. The molecule has 1 unspecified atom stereocenters. The van der Waals surface area contributed by atoms with Gasteiger partial charge >= 0.3 is 12.0 Å². The van der Waals surface area contributed by atoms with Gasteiger partial charge in [-0.25, -0.2) is 9.59 Å². The summed E-state index contributed by atoms with van der Waals surface area (Å²) in [7, 11) is 0. The van der Waals surface area contributed by atoms with E-state index in [-0.39, 0.29) is 39.8 Å². The number of carbonyl (C=O) groups excluding carboxylic acids is 1. The summed E-state index contributed by atoms with van der Waals surface area (Å²) in [6, 6.07) is 7.90. The first kappa shape index (κ1) is 37.0. The zero-order chi connectivity index (χ0) is 36.6. The maximum absolute atomic E-state index is 14.2. The Balaban J connectivity index is 1.14. The summed E-state index contributed by atoms with van der Waals surface area (Å²) in [4.78, 5) is 30.1. The Morgan fingerprint density at radius 3 is 2.27 bits per heavy atom. The standard InChI is InChI=1S/C44H67N3O4/c1-29(2)32-15-20-44(45-39(51)47-24-8-23-46(25-26-47)27-28-48)22-21-42(6)34(37(32)44)13-14-36-41(5)18-16-33(30-9-11-31(12-10-30)38(49)50)40(3,4)35(41)17-19-43(36,42)7/h9-12,32-37,48H,1,8,13-28H2,2-7H3,(H,45,51)(H,49,50)/t32-,33?,34+,35-,36+,37+,41-,42+,43+,44-/m0/s1. The molecule has 6 fully saturated rings. The van der Waals surface area contributed by atoms with Crippen molar-refractivity contribution in [3.05, 3.63) is 47.5 Å². The molecule has 1 aromatic rings. The number of carboxylic acid groups (broad SMARTS) is 1. The lowest BCUT2D eigenvalue weighted by Gasteiger charge is -2.73. The van der Waals surface area contributed by atoms with Gasteiger partial charge in [-0.15, -0.1) is 0 Å². The van der Waals surface area contributed by atoms with Gasteiger partial charge in [-0.2, -0.15) is 0 Å². The van der Waals surface area contributed by atoms with Crippen LogP contribution in [0.5, 0.6) is 0 Å². The SMILES string of the molecule is C=C(C)[C@@H]1CC[C@]2(NC(=O)N3CCCN(CCO)CC3)CC[C@]3(C)[C@H](CC[C@@H]4[C@@]5(C)CCC(c6ccc(C(=O)O)cc6)C(C)(C)[C@@H]5CC[C@]43C)[C@@H]12. The second kappa shape index (κ2) is 13.2. The summed E-state index contributed by atoms with van der Waals surface area (Å²) in [5.74, 6) is 2.33. The molecule has 5 aliphatic carbocycles. The van der Waals surface area contributed by atoms with Gasteiger partial charge in [0.15, 0.2) is 0 Å². The Kier molecular flexibility index (Phi) is 9.55. The van der Waals surface area contributed by atoms with Crippen molar-refractivity contribution in [3.63, 3.8) is 0 Å². The summed E-state index contributed by atoms with van der Waals surface area (Å²) in [6.07, 6.45) is 12.8. The van der Waals surface area contributed by atoms with Crippen molar-refractivity contribution < 1.29 is 19.8 Å². The third kappa shape index (κ3) is 5.72. The number of hydrogen-bond acceptors (Lipinski definition) is 4. The van der Waals surface area contributed by atoms with Gasteiger partial charge in [0.05, 0.1) is 12.2 Å². The number of amides is 2. The number of allylic oxidation sites excluding steroid dienone is 1. The van der Waals surface area contributed by atoms with Gasteiger partial charge in [-0.05, 0) is 159 Å². The van der Waals surface area contributed by atoms with E-state index in [0.717, 1.165) is 58.3 Å². The monoisotopic (exact) mass is 702 g/mol. The van der Waals surface area contributed by atoms with Crippen LogP contribution < -0.4 is 5.32 Å². The summed E-state index contributed by atoms with van der Waals surface area (Å²) >= 11 is 0. The molecule has 7 rings (SSSR count). The molecule has 0 spiro atoms. The summed E-state index contributed by atoms with van der Waals surface area (Å²) in [5, 5.41) is 22.8. The summed E-state index contributed by atoms with van der Waals surface area (Å²) < 4.78 is 0. The van der Waals surface area contributed by atoms with Crippen LogP contribution in [0.3, 0.4) is 0 Å². The van der Waals surface area contributed by atoms with E-state index < -0.39 is 5.97 Å². The van der Waals surface area contributed by atoms with E-state index in [0.29, 0.717) is 47.6 Å². The Morgan fingerprint density at radius 2 is 1.59 bits per heavy atom. The smallest absolute Gasteiger partial charge is 0.335 e. The quantitative estimate of drug-likeness (QED) is 0.259. The van der Waals surface area contributed by atoms with Gasteiger partial charge in [-0.3, -0.25) is 4.90 Å². The first-order chi connectivity index (χ1) is 24.1. The number of hydrogen-bond donors (Lipinski definition) is 3. The average molecular weight is 702 g/mol. The molecule has 10 atom stereocenters. The molecule has 51 heavy (non-hydrogen) atoms. The Labute approximate surface area is 308 Å². The second-order valence-electron chi connectivity index (χ2n) is 19.5. The topological polar surface area (TPSA) is 93.1 Å². The van der Waals surface area contributed by atoms with Gasteiger partial charge in [-0.1, -0.05) is 58.9 Å². The number of carboxylic acids is 1. The van der Waals surface area contributed by atoms with E-state index in [4.69, 9.17) is 0 Å². The third-order valence-corrected chi connectivity index (χ3v) is 17.3. The molecule has 0 radical (unpaired) electrons. The molecule has 2 amide bonds. The number of fused-ring (bicyclic) bond motifs is 7. The third-order valence-electron chi connectivity index (χ3n) is 17.3. The van der Waals surface area contributed by atoms with Crippen molar-refractivity contribution >= 4 is 12.0 Å². The highest BCUT2D eigenvalue weighted by Gasteiger charge is 2.71. The number of benzene rings is 1. The maximum Gasteiger partial charge on any atom is 0.335 e. The van der Waals surface area contributed by atoms with Gasteiger partial charge in [0, 0.05) is 31.7 Å². The zero-order valence-electron chi connectivity index (χ0n) is 32.6. The number of aliphatic hydroxyl groups is 1. The Morgan fingerprint density at radius 1 is 0.843 bits per heavy atom. The van der Waals surface area contributed by atoms with Crippen molar-refractivity contribution in [2.45, 2.75) is 124 Å². The molecular formula is C44H67N3O4. The number of nitrogens with one attached hydrogen (secondary N) is 1. The molecule has 7 heteroatoms. The lowest BCUT2D eigenvalue weighted by atomic mass is 9.32. The maximum atomic E-state index is 14.2. The highest BCUT2D eigenvalue weighted by Crippen LogP contribution is 2.77. The predicted molar refractivity (Wildman–Crippen MR) is 204 cm³/mol. The van der Waals surface area contributed by atoms with E-state index in [1.165, 1.54) is 49.7 Å². The fourth-order valence-corrected chi connectivity index (χ4v) is 14.7. The van der Waals surface area contributed by atoms with Crippen molar-refractivity contribution in [1.82, 2.24) is 15.1 Å². The lowest BCUT2D eigenvalue weighted by Crippen LogP contribution is -2.69. The highest BCUT2D eigenvalue weighted by molar-refractivity contribution is 5.87. The number of carbonyl (C=O) groups is 2. The summed E-state index contributed by atoms with van der Waals surface area (Å²) in [5.41, 5.74) is 3.66. The fourth-order valence-electron chi connectivity index (χ4n) is 14.7. The van der Waals surface area contributed by atoms with E-state index in [2.05, 4.69) is 75.4 Å². The molecule has 0 bridgehead atoms. The lowest BCUT2D eigenvalue weighted by molar-refractivity contribution is -0.233. The van der Waals surface area contributed by atoms with Crippen LogP contribution in [0.2, 0.25) is 0 Å². The Bertz CT molecular complexity index is 1510. The molecule has 1 heterocycles. The van der Waals surface area contributed by atoms with Crippen LogP contribution in [0.1, 0.15) is 134 Å². The highest BCUT2D eigenvalue weighted by atomic mass is 16.4. The van der Waals surface area contributed by atoms with E-state index >= 15 is 0 Å². The van der Waals surface area contributed by atoms with Crippen molar-refractivity contribution in [2.75, 3.05) is 39.3 Å². The molecular weight excluding hydrogens is 635 g/mol. The van der Waals surface area contributed by atoms with Crippen LogP contribution in [0.25, 0.3) is 0 Å². The van der Waals surface area contributed by atoms with Crippen LogP contribution in [0, 0.1) is 51.2 Å². The van der Waals surface area contributed by atoms with Crippen LogP contribution >= 0.6 is 0 Å². The van der Waals surface area contributed by atoms with E-state index in [1.807, 2.05) is 0 Å². The summed E-state index contributed by atoms with van der Waals surface area (Å²) in [6.45, 7) is 24.0. The minimum Gasteiger partial charge on any atom is -0.478 e. The first-order valence-corrected chi connectivity index (χ1v) is 20.5. The number of aliphatic hydroxyl groups excluding tert-OH is 1. The number of β-amino-alcohol motifs (C(OH)–C–C–N with tert-alkyl or cyclic N) is 1. The van der Waals surface area contributed by atoms with Crippen molar-refractivity contribution in [1.29, 1.82) is 0 Å².